The standard InChI is InChI=1S/C15H25NO4/c1-3-4-8-11(2)20-15(19)16-13(14(17)18)12-9-6-5-7-10-12/h3,11-13H,1,4-10H2,2H3,(H,16,19)(H,17,18)/t11?,13-/m0/s1. The van der Waals surface area contributed by atoms with Crippen LogP contribution in [0, 0.1) is 5.92 Å². The molecule has 0 saturated heterocycles. The van der Waals surface area contributed by atoms with Crippen LogP contribution in [0.4, 0.5) is 4.79 Å². The topological polar surface area (TPSA) is 75.6 Å². The molecule has 5 heteroatoms. The van der Waals surface area contributed by atoms with Crippen molar-refractivity contribution in [2.24, 2.45) is 5.92 Å². The normalized spacial score (nSPS) is 18.9. The summed E-state index contributed by atoms with van der Waals surface area (Å²) in [6, 6.07) is -0.839. The Bertz CT molecular complexity index is 337. The SMILES string of the molecule is C=CCCC(C)OC(=O)N[C@H](C(=O)O)C1CCCCC1. The molecule has 0 spiro atoms. The van der Waals surface area contributed by atoms with Crippen LogP contribution in [-0.4, -0.2) is 29.3 Å². The zero-order valence-corrected chi connectivity index (χ0v) is 12.1. The molecule has 0 bridgehead atoms. The number of allylic oxidation sites excluding steroid dienone is 1. The molecule has 0 heterocycles. The van der Waals surface area contributed by atoms with Gasteiger partial charge in [0.1, 0.15) is 12.1 Å². The molecule has 1 unspecified atom stereocenters. The average Bonchev–Trinajstić information content (AvgIpc) is 2.43. The number of rotatable bonds is 7. The van der Waals surface area contributed by atoms with Gasteiger partial charge in [-0.25, -0.2) is 9.59 Å². The molecule has 2 N–H and O–H groups in total. The maximum atomic E-state index is 11.8. The van der Waals surface area contributed by atoms with Crippen LogP contribution in [0.25, 0.3) is 0 Å². The van der Waals surface area contributed by atoms with E-state index in [0.717, 1.165) is 38.5 Å². The van der Waals surface area contributed by atoms with Gasteiger partial charge in [0.25, 0.3) is 0 Å². The van der Waals surface area contributed by atoms with Crippen molar-refractivity contribution < 1.29 is 19.4 Å². The maximum absolute atomic E-state index is 11.8. The molecule has 0 aromatic rings. The Kier molecular flexibility index (Phi) is 7.12. The average molecular weight is 283 g/mol. The van der Waals surface area contributed by atoms with Crippen LogP contribution in [0.5, 0.6) is 0 Å². The monoisotopic (exact) mass is 283 g/mol. The number of carbonyl (C=O) groups is 2. The lowest BCUT2D eigenvalue weighted by Crippen LogP contribution is -2.47. The Labute approximate surface area is 120 Å². The second-order valence-electron chi connectivity index (χ2n) is 5.44. The van der Waals surface area contributed by atoms with Crippen LogP contribution in [0.15, 0.2) is 12.7 Å². The van der Waals surface area contributed by atoms with E-state index in [1.165, 1.54) is 0 Å². The Morgan fingerprint density at radius 1 is 1.40 bits per heavy atom. The number of aliphatic carboxylic acids is 1. The predicted octanol–water partition coefficient (Wildman–Crippen LogP) is 3.10. The van der Waals surface area contributed by atoms with Gasteiger partial charge in [0, 0.05) is 0 Å². The number of hydrogen-bond acceptors (Lipinski definition) is 3. The highest BCUT2D eigenvalue weighted by Crippen LogP contribution is 2.26. The van der Waals surface area contributed by atoms with E-state index in [9.17, 15) is 14.7 Å². The number of amides is 1. The summed E-state index contributed by atoms with van der Waals surface area (Å²) in [7, 11) is 0. The number of carboxylic acids is 1. The Morgan fingerprint density at radius 3 is 2.60 bits per heavy atom. The van der Waals surface area contributed by atoms with Gasteiger partial charge in [0.2, 0.25) is 0 Å². The van der Waals surface area contributed by atoms with E-state index in [4.69, 9.17) is 4.74 Å². The fourth-order valence-electron chi connectivity index (χ4n) is 2.60. The summed E-state index contributed by atoms with van der Waals surface area (Å²) < 4.78 is 5.16. The minimum Gasteiger partial charge on any atom is -0.480 e. The summed E-state index contributed by atoms with van der Waals surface area (Å²) in [6.45, 7) is 5.40. The second kappa shape index (κ2) is 8.61. The van der Waals surface area contributed by atoms with Gasteiger partial charge >= 0.3 is 12.1 Å². The molecule has 0 aromatic heterocycles. The lowest BCUT2D eigenvalue weighted by atomic mass is 9.84. The van der Waals surface area contributed by atoms with Crippen LogP contribution in [0.3, 0.4) is 0 Å². The molecule has 114 valence electrons. The quantitative estimate of drug-likeness (QED) is 0.704. The number of alkyl carbamates (subject to hydrolysis) is 1. The first-order valence-electron chi connectivity index (χ1n) is 7.35. The van der Waals surface area contributed by atoms with Crippen LogP contribution < -0.4 is 5.32 Å². The van der Waals surface area contributed by atoms with E-state index < -0.39 is 18.1 Å². The van der Waals surface area contributed by atoms with Gasteiger partial charge in [-0.1, -0.05) is 25.3 Å². The van der Waals surface area contributed by atoms with Crippen molar-refractivity contribution in [3.8, 4) is 0 Å². The van der Waals surface area contributed by atoms with Crippen molar-refractivity contribution in [1.29, 1.82) is 0 Å². The van der Waals surface area contributed by atoms with Crippen molar-refractivity contribution in [3.63, 3.8) is 0 Å². The van der Waals surface area contributed by atoms with Gasteiger partial charge in [-0.2, -0.15) is 0 Å². The number of nitrogens with one attached hydrogen (secondary N) is 1. The highest BCUT2D eigenvalue weighted by atomic mass is 16.6. The Morgan fingerprint density at radius 2 is 2.05 bits per heavy atom. The molecular weight excluding hydrogens is 258 g/mol. The molecule has 2 atom stereocenters. The Hall–Kier alpha value is -1.52. The van der Waals surface area contributed by atoms with Crippen molar-refractivity contribution in [3.05, 3.63) is 12.7 Å². The third kappa shape index (κ3) is 5.63. The molecule has 0 aliphatic heterocycles. The molecule has 1 fully saturated rings. The lowest BCUT2D eigenvalue weighted by Gasteiger charge is -2.28. The molecule has 1 rings (SSSR count). The van der Waals surface area contributed by atoms with Gasteiger partial charge in [-0.05, 0) is 38.5 Å². The first-order chi connectivity index (χ1) is 9.54. The van der Waals surface area contributed by atoms with Crippen LogP contribution in [0.2, 0.25) is 0 Å². The first-order valence-corrected chi connectivity index (χ1v) is 7.35. The lowest BCUT2D eigenvalue weighted by molar-refractivity contribution is -0.141. The molecular formula is C15H25NO4. The second-order valence-corrected chi connectivity index (χ2v) is 5.44. The molecule has 1 aliphatic carbocycles. The zero-order chi connectivity index (χ0) is 15.0. The first kappa shape index (κ1) is 16.5. The number of hydrogen-bond donors (Lipinski definition) is 2. The van der Waals surface area contributed by atoms with Crippen LogP contribution in [0.1, 0.15) is 51.9 Å². The highest BCUT2D eigenvalue weighted by Gasteiger charge is 2.31. The van der Waals surface area contributed by atoms with E-state index in [-0.39, 0.29) is 12.0 Å². The Balaban J connectivity index is 2.46. The van der Waals surface area contributed by atoms with Crippen LogP contribution in [-0.2, 0) is 9.53 Å². The van der Waals surface area contributed by atoms with Crippen molar-refractivity contribution >= 4 is 12.1 Å². The number of ether oxygens (including phenoxy) is 1. The van der Waals surface area contributed by atoms with Gasteiger partial charge in [0.15, 0.2) is 0 Å². The van der Waals surface area contributed by atoms with Crippen molar-refractivity contribution in [2.75, 3.05) is 0 Å². The minimum absolute atomic E-state index is 0.0114. The fourth-order valence-corrected chi connectivity index (χ4v) is 2.60. The summed E-state index contributed by atoms with van der Waals surface area (Å²) in [5, 5.41) is 11.8. The number of carboxylic acid groups (broad SMARTS) is 1. The summed E-state index contributed by atoms with van der Waals surface area (Å²) in [6.07, 6.45) is 7.24. The summed E-state index contributed by atoms with van der Waals surface area (Å²) >= 11 is 0. The third-order valence-electron chi connectivity index (χ3n) is 3.75. The number of carbonyl (C=O) groups excluding carboxylic acids is 1. The summed E-state index contributed by atoms with van der Waals surface area (Å²) in [5.74, 6) is -0.968. The fraction of sp³-hybridized carbons (Fsp3) is 0.733. The van der Waals surface area contributed by atoms with Gasteiger partial charge in [-0.3, -0.25) is 0 Å². The summed E-state index contributed by atoms with van der Waals surface area (Å²) in [5.41, 5.74) is 0. The minimum atomic E-state index is -0.979. The molecule has 0 radical (unpaired) electrons. The van der Waals surface area contributed by atoms with E-state index in [0.29, 0.717) is 6.42 Å². The van der Waals surface area contributed by atoms with Gasteiger partial charge in [0.05, 0.1) is 0 Å². The van der Waals surface area contributed by atoms with Crippen molar-refractivity contribution in [2.45, 2.75) is 64.0 Å². The zero-order valence-electron chi connectivity index (χ0n) is 12.1. The predicted molar refractivity (Wildman–Crippen MR) is 76.5 cm³/mol. The largest absolute Gasteiger partial charge is 0.480 e. The van der Waals surface area contributed by atoms with Gasteiger partial charge in [-0.15, -0.1) is 6.58 Å². The molecule has 5 nitrogen and oxygen atoms in total. The van der Waals surface area contributed by atoms with Crippen molar-refractivity contribution in [1.82, 2.24) is 5.32 Å². The molecule has 0 aromatic carbocycles. The van der Waals surface area contributed by atoms with E-state index in [1.807, 2.05) is 0 Å². The molecule has 1 aliphatic rings. The highest BCUT2D eigenvalue weighted by molar-refractivity contribution is 5.80. The summed E-state index contributed by atoms with van der Waals surface area (Å²) in [4.78, 5) is 23.1. The molecule has 1 saturated carbocycles. The third-order valence-corrected chi connectivity index (χ3v) is 3.75. The molecule has 20 heavy (non-hydrogen) atoms. The van der Waals surface area contributed by atoms with E-state index >= 15 is 0 Å². The van der Waals surface area contributed by atoms with Crippen LogP contribution >= 0.6 is 0 Å². The van der Waals surface area contributed by atoms with Gasteiger partial charge < -0.3 is 15.2 Å². The maximum Gasteiger partial charge on any atom is 0.408 e. The molecule has 1 amide bonds. The van der Waals surface area contributed by atoms with E-state index in [2.05, 4.69) is 11.9 Å². The van der Waals surface area contributed by atoms with E-state index in [1.54, 1.807) is 13.0 Å². The smallest absolute Gasteiger partial charge is 0.408 e.